The molecule has 0 spiro atoms. The molecule has 0 heterocycles. The van der Waals surface area contributed by atoms with Crippen LogP contribution >= 0.6 is 0 Å². The summed E-state index contributed by atoms with van der Waals surface area (Å²) in [6, 6.07) is 5.02. The molecule has 0 saturated heterocycles. The van der Waals surface area contributed by atoms with Crippen LogP contribution in [0, 0.1) is 6.92 Å². The Balaban J connectivity index is 2.77. The Morgan fingerprint density at radius 1 is 1.32 bits per heavy atom. The summed E-state index contributed by atoms with van der Waals surface area (Å²) in [5, 5.41) is 12.6. The molecule has 0 unspecified atom stereocenters. The lowest BCUT2D eigenvalue weighted by molar-refractivity contribution is -0.142. The number of ether oxygens (including phenoxy) is 2. The number of aliphatic hydroxyl groups is 1. The van der Waals surface area contributed by atoms with E-state index in [1.54, 1.807) is 45.9 Å². The zero-order chi connectivity index (χ0) is 16.9. The fourth-order valence-corrected chi connectivity index (χ4v) is 1.81. The molecule has 0 bridgehead atoms. The van der Waals surface area contributed by atoms with Gasteiger partial charge in [-0.15, -0.1) is 0 Å². The third kappa shape index (κ3) is 5.73. The molecule has 1 aromatic rings. The standard InChI is InChI=1S/C16H23NO5/c1-10-8-11(13(18)9-14(19)21-5)6-7-12(10)17-15(20)22-16(2,3)4/h6-8,13,18H,9H2,1-5H3,(H,17,20)/t13-/m0/s1. The van der Waals surface area contributed by atoms with E-state index in [4.69, 9.17) is 4.74 Å². The van der Waals surface area contributed by atoms with Crippen LogP contribution in [0.1, 0.15) is 44.4 Å². The number of esters is 1. The van der Waals surface area contributed by atoms with Crippen LogP contribution in [-0.2, 0) is 14.3 Å². The van der Waals surface area contributed by atoms with Gasteiger partial charge in [-0.25, -0.2) is 4.79 Å². The molecule has 0 fully saturated rings. The van der Waals surface area contributed by atoms with Crippen molar-refractivity contribution in [2.24, 2.45) is 0 Å². The highest BCUT2D eigenvalue weighted by molar-refractivity contribution is 5.86. The zero-order valence-electron chi connectivity index (χ0n) is 13.6. The van der Waals surface area contributed by atoms with Crippen molar-refractivity contribution in [2.75, 3.05) is 12.4 Å². The van der Waals surface area contributed by atoms with Crippen molar-refractivity contribution >= 4 is 17.7 Å². The van der Waals surface area contributed by atoms with Crippen molar-refractivity contribution in [2.45, 2.75) is 45.8 Å². The van der Waals surface area contributed by atoms with Gasteiger partial charge in [0.15, 0.2) is 0 Å². The minimum absolute atomic E-state index is 0.116. The molecular weight excluding hydrogens is 286 g/mol. The fraction of sp³-hybridized carbons (Fsp3) is 0.500. The van der Waals surface area contributed by atoms with Gasteiger partial charge >= 0.3 is 12.1 Å². The lowest BCUT2D eigenvalue weighted by atomic mass is 10.0. The molecule has 2 N–H and O–H groups in total. The maximum atomic E-state index is 11.7. The number of carbonyl (C=O) groups is 2. The van der Waals surface area contributed by atoms with Gasteiger partial charge in [-0.05, 0) is 44.9 Å². The molecule has 122 valence electrons. The van der Waals surface area contributed by atoms with Crippen molar-refractivity contribution in [3.05, 3.63) is 29.3 Å². The van der Waals surface area contributed by atoms with Gasteiger partial charge in [-0.2, -0.15) is 0 Å². The van der Waals surface area contributed by atoms with E-state index in [2.05, 4.69) is 10.1 Å². The van der Waals surface area contributed by atoms with Gasteiger partial charge in [0, 0.05) is 5.69 Å². The summed E-state index contributed by atoms with van der Waals surface area (Å²) in [5.41, 5.74) is 1.35. The van der Waals surface area contributed by atoms with E-state index in [0.717, 1.165) is 5.56 Å². The summed E-state index contributed by atoms with van der Waals surface area (Å²) in [7, 11) is 1.27. The Morgan fingerprint density at radius 2 is 1.95 bits per heavy atom. The van der Waals surface area contributed by atoms with E-state index in [1.807, 2.05) is 0 Å². The Labute approximate surface area is 130 Å². The van der Waals surface area contributed by atoms with Crippen LogP contribution in [0.5, 0.6) is 0 Å². The van der Waals surface area contributed by atoms with Crippen LogP contribution in [0.3, 0.4) is 0 Å². The second kappa shape index (κ2) is 7.26. The zero-order valence-corrected chi connectivity index (χ0v) is 13.6. The van der Waals surface area contributed by atoms with Gasteiger partial charge in [-0.1, -0.05) is 12.1 Å². The topological polar surface area (TPSA) is 84.9 Å². The molecule has 6 nitrogen and oxygen atoms in total. The number of anilines is 1. The van der Waals surface area contributed by atoms with Crippen LogP contribution in [0.4, 0.5) is 10.5 Å². The molecule has 1 rings (SSSR count). The molecule has 0 radical (unpaired) electrons. The third-order valence-corrected chi connectivity index (χ3v) is 2.86. The van der Waals surface area contributed by atoms with Crippen molar-refractivity contribution in [3.8, 4) is 0 Å². The molecule has 0 aliphatic carbocycles. The molecule has 6 heteroatoms. The predicted molar refractivity (Wildman–Crippen MR) is 82.6 cm³/mol. The predicted octanol–water partition coefficient (Wildman–Crippen LogP) is 2.94. The van der Waals surface area contributed by atoms with Crippen molar-refractivity contribution in [1.82, 2.24) is 0 Å². The van der Waals surface area contributed by atoms with Crippen LogP contribution < -0.4 is 5.32 Å². The number of amides is 1. The molecule has 0 aromatic heterocycles. The van der Waals surface area contributed by atoms with Gasteiger partial charge in [0.1, 0.15) is 5.60 Å². The Bertz CT molecular complexity index is 548. The highest BCUT2D eigenvalue weighted by atomic mass is 16.6. The summed E-state index contributed by atoms with van der Waals surface area (Å²) < 4.78 is 9.70. The van der Waals surface area contributed by atoms with E-state index in [9.17, 15) is 14.7 Å². The van der Waals surface area contributed by atoms with Crippen LogP contribution in [0.2, 0.25) is 0 Å². The number of aryl methyl sites for hydroxylation is 1. The second-order valence-electron chi connectivity index (χ2n) is 6.00. The lowest BCUT2D eigenvalue weighted by Gasteiger charge is -2.20. The third-order valence-electron chi connectivity index (χ3n) is 2.86. The maximum Gasteiger partial charge on any atom is 0.412 e. The summed E-state index contributed by atoms with van der Waals surface area (Å²) in [6.45, 7) is 7.14. The van der Waals surface area contributed by atoms with E-state index in [-0.39, 0.29) is 6.42 Å². The van der Waals surface area contributed by atoms with Gasteiger partial charge < -0.3 is 14.6 Å². The molecule has 22 heavy (non-hydrogen) atoms. The minimum atomic E-state index is -0.943. The molecule has 0 saturated carbocycles. The SMILES string of the molecule is COC(=O)C[C@H](O)c1ccc(NC(=O)OC(C)(C)C)c(C)c1. The minimum Gasteiger partial charge on any atom is -0.469 e. The maximum absolute atomic E-state index is 11.7. The van der Waals surface area contributed by atoms with Gasteiger partial charge in [0.25, 0.3) is 0 Å². The monoisotopic (exact) mass is 309 g/mol. The number of nitrogens with one attached hydrogen (secondary N) is 1. The van der Waals surface area contributed by atoms with Crippen LogP contribution in [0.25, 0.3) is 0 Å². The quantitative estimate of drug-likeness (QED) is 0.835. The molecule has 1 aromatic carbocycles. The molecule has 0 aliphatic rings. The summed E-state index contributed by atoms with van der Waals surface area (Å²) in [5.74, 6) is -0.485. The molecule has 1 amide bonds. The van der Waals surface area contributed by atoms with Crippen LogP contribution in [0.15, 0.2) is 18.2 Å². The van der Waals surface area contributed by atoms with Crippen molar-refractivity contribution < 1.29 is 24.2 Å². The normalized spacial score (nSPS) is 12.5. The van der Waals surface area contributed by atoms with Crippen molar-refractivity contribution in [3.63, 3.8) is 0 Å². The average molecular weight is 309 g/mol. The highest BCUT2D eigenvalue weighted by Gasteiger charge is 2.18. The average Bonchev–Trinajstić information content (AvgIpc) is 2.38. The number of rotatable bonds is 4. The highest BCUT2D eigenvalue weighted by Crippen LogP contribution is 2.23. The largest absolute Gasteiger partial charge is 0.469 e. The molecular formula is C16H23NO5. The van der Waals surface area contributed by atoms with E-state index in [0.29, 0.717) is 11.3 Å². The fourth-order valence-electron chi connectivity index (χ4n) is 1.81. The number of hydrogen-bond donors (Lipinski definition) is 2. The summed E-state index contributed by atoms with van der Waals surface area (Å²) in [4.78, 5) is 22.9. The number of carbonyl (C=O) groups excluding carboxylic acids is 2. The smallest absolute Gasteiger partial charge is 0.412 e. The first-order valence-corrected chi connectivity index (χ1v) is 6.98. The van der Waals surface area contributed by atoms with Gasteiger partial charge in [0.2, 0.25) is 0 Å². The first kappa shape index (κ1) is 18.0. The number of hydrogen-bond acceptors (Lipinski definition) is 5. The van der Waals surface area contributed by atoms with Gasteiger partial charge in [-0.3, -0.25) is 10.1 Å². The van der Waals surface area contributed by atoms with Crippen LogP contribution in [-0.4, -0.2) is 29.9 Å². The number of methoxy groups -OCH3 is 1. The second-order valence-corrected chi connectivity index (χ2v) is 6.00. The Hall–Kier alpha value is -2.08. The van der Waals surface area contributed by atoms with Crippen molar-refractivity contribution in [1.29, 1.82) is 0 Å². The Morgan fingerprint density at radius 3 is 2.45 bits per heavy atom. The molecule has 0 aliphatic heterocycles. The van der Waals surface area contributed by atoms with E-state index in [1.165, 1.54) is 7.11 Å². The van der Waals surface area contributed by atoms with E-state index >= 15 is 0 Å². The summed E-state index contributed by atoms with van der Waals surface area (Å²) in [6.07, 6.45) is -1.60. The van der Waals surface area contributed by atoms with Gasteiger partial charge in [0.05, 0.1) is 19.6 Å². The first-order valence-electron chi connectivity index (χ1n) is 6.98. The molecule has 1 atom stereocenters. The first-order chi connectivity index (χ1) is 10.1. The number of benzene rings is 1. The Kier molecular flexibility index (Phi) is 5.93. The van der Waals surface area contributed by atoms with E-state index < -0.39 is 23.8 Å². The summed E-state index contributed by atoms with van der Waals surface area (Å²) >= 11 is 0. The lowest BCUT2D eigenvalue weighted by Crippen LogP contribution is -2.27. The number of aliphatic hydroxyl groups excluding tert-OH is 1.